The molecule has 0 saturated heterocycles. The van der Waals surface area contributed by atoms with Gasteiger partial charge in [-0.1, -0.05) is 28.1 Å². The first-order chi connectivity index (χ1) is 9.96. The van der Waals surface area contributed by atoms with Crippen LogP contribution in [0.4, 0.5) is 0 Å². The minimum atomic E-state index is -0.295. The number of carbonyl (C=O) groups excluding carboxylic acids is 1. The van der Waals surface area contributed by atoms with E-state index < -0.39 is 0 Å². The van der Waals surface area contributed by atoms with Crippen molar-refractivity contribution >= 4 is 21.9 Å². The van der Waals surface area contributed by atoms with Gasteiger partial charge in [-0.15, -0.1) is 0 Å². The summed E-state index contributed by atoms with van der Waals surface area (Å²) in [5.41, 5.74) is 1.73. The van der Waals surface area contributed by atoms with E-state index in [-0.39, 0.29) is 23.2 Å². The third kappa shape index (κ3) is 5.74. The monoisotopic (exact) mass is 354 g/mol. The van der Waals surface area contributed by atoms with Gasteiger partial charge >= 0.3 is 5.97 Å². The fourth-order valence-electron chi connectivity index (χ4n) is 1.43. The fraction of sp³-hybridized carbons (Fsp3) is 0.133. The second-order valence-corrected chi connectivity index (χ2v) is 4.59. The lowest BCUT2D eigenvalue weighted by molar-refractivity contribution is 0.0600. The topological polar surface area (TPSA) is 87.0 Å². The number of methoxy groups -OCH3 is 1. The maximum Gasteiger partial charge on any atom is 0.337 e. The molecule has 0 saturated carbocycles. The summed E-state index contributed by atoms with van der Waals surface area (Å²) in [6.07, 6.45) is 0. The summed E-state index contributed by atoms with van der Waals surface area (Å²) < 4.78 is 4.56. The summed E-state index contributed by atoms with van der Waals surface area (Å²) in [4.78, 5) is 11.0. The molecule has 2 aromatic rings. The largest absolute Gasteiger partial charge is 0.508 e. The molecule has 0 aliphatic carbocycles. The number of hydrogen-bond acceptors (Lipinski definition) is 5. The molecule has 0 aliphatic heterocycles. The van der Waals surface area contributed by atoms with Crippen LogP contribution in [0, 0.1) is 0 Å². The molecule has 0 aliphatic rings. The second kappa shape index (κ2) is 8.16. The molecular formula is C15H15BrO5. The summed E-state index contributed by atoms with van der Waals surface area (Å²) >= 11 is 3.32. The predicted molar refractivity (Wildman–Crippen MR) is 81.8 cm³/mol. The third-order valence-electron chi connectivity index (χ3n) is 2.42. The Morgan fingerprint density at radius 1 is 1.00 bits per heavy atom. The number of alkyl halides is 1. The zero-order valence-corrected chi connectivity index (χ0v) is 12.9. The van der Waals surface area contributed by atoms with Gasteiger partial charge in [-0.2, -0.15) is 0 Å². The highest BCUT2D eigenvalue weighted by molar-refractivity contribution is 9.08. The van der Waals surface area contributed by atoms with Gasteiger partial charge in [-0.3, -0.25) is 0 Å². The van der Waals surface area contributed by atoms with Crippen LogP contribution in [-0.4, -0.2) is 28.4 Å². The number of esters is 1. The van der Waals surface area contributed by atoms with E-state index >= 15 is 0 Å². The van der Waals surface area contributed by atoms with Crippen molar-refractivity contribution in [1.82, 2.24) is 0 Å². The minimum Gasteiger partial charge on any atom is -0.508 e. The Kier molecular flexibility index (Phi) is 6.55. The van der Waals surface area contributed by atoms with E-state index in [4.69, 9.17) is 15.3 Å². The SMILES string of the molecule is COC(=O)c1ccc(CBr)cc1.Oc1cc(O)cc(O)c1. The van der Waals surface area contributed by atoms with Crippen molar-refractivity contribution in [2.45, 2.75) is 5.33 Å². The van der Waals surface area contributed by atoms with Gasteiger partial charge in [0, 0.05) is 23.5 Å². The quantitative estimate of drug-likeness (QED) is 0.569. The number of ether oxygens (including phenoxy) is 1. The van der Waals surface area contributed by atoms with Crippen molar-refractivity contribution in [3.63, 3.8) is 0 Å². The average molecular weight is 355 g/mol. The number of rotatable bonds is 2. The highest BCUT2D eigenvalue weighted by Gasteiger charge is 2.03. The maximum absolute atomic E-state index is 11.0. The van der Waals surface area contributed by atoms with Crippen molar-refractivity contribution in [3.8, 4) is 17.2 Å². The highest BCUT2D eigenvalue weighted by atomic mass is 79.9. The molecule has 21 heavy (non-hydrogen) atoms. The van der Waals surface area contributed by atoms with Crippen LogP contribution in [0.2, 0.25) is 0 Å². The normalized spacial score (nSPS) is 9.43. The fourth-order valence-corrected chi connectivity index (χ4v) is 1.80. The van der Waals surface area contributed by atoms with Crippen molar-refractivity contribution < 1.29 is 24.9 Å². The number of hydrogen-bond donors (Lipinski definition) is 3. The molecule has 0 radical (unpaired) electrons. The molecule has 2 aromatic carbocycles. The van der Waals surface area contributed by atoms with E-state index in [1.807, 2.05) is 12.1 Å². The number of phenolic OH excluding ortho intramolecular Hbond substituents is 3. The van der Waals surface area contributed by atoms with Gasteiger partial charge in [0.05, 0.1) is 12.7 Å². The van der Waals surface area contributed by atoms with Crippen LogP contribution in [0.25, 0.3) is 0 Å². The minimum absolute atomic E-state index is 0.146. The van der Waals surface area contributed by atoms with Crippen LogP contribution in [0.1, 0.15) is 15.9 Å². The van der Waals surface area contributed by atoms with Gasteiger partial charge in [-0.05, 0) is 17.7 Å². The summed E-state index contributed by atoms with van der Waals surface area (Å²) in [5, 5.41) is 26.8. The Hall–Kier alpha value is -2.21. The lowest BCUT2D eigenvalue weighted by atomic mass is 10.1. The van der Waals surface area contributed by atoms with Crippen molar-refractivity contribution in [1.29, 1.82) is 0 Å². The highest BCUT2D eigenvalue weighted by Crippen LogP contribution is 2.23. The van der Waals surface area contributed by atoms with Crippen LogP contribution >= 0.6 is 15.9 Å². The smallest absolute Gasteiger partial charge is 0.337 e. The molecular weight excluding hydrogens is 340 g/mol. The van der Waals surface area contributed by atoms with Crippen LogP contribution in [-0.2, 0) is 10.1 Å². The molecule has 5 nitrogen and oxygen atoms in total. The Morgan fingerprint density at radius 3 is 1.76 bits per heavy atom. The van der Waals surface area contributed by atoms with E-state index in [0.717, 1.165) is 29.1 Å². The molecule has 0 heterocycles. The first kappa shape index (κ1) is 16.8. The first-order valence-electron chi connectivity index (χ1n) is 5.91. The number of halogens is 1. The van der Waals surface area contributed by atoms with Gasteiger partial charge in [0.1, 0.15) is 17.2 Å². The molecule has 0 unspecified atom stereocenters. The number of benzene rings is 2. The Morgan fingerprint density at radius 2 is 1.43 bits per heavy atom. The lowest BCUT2D eigenvalue weighted by Gasteiger charge is -1.99. The summed E-state index contributed by atoms with van der Waals surface area (Å²) in [6, 6.07) is 10.7. The Balaban J connectivity index is 0.000000219. The second-order valence-electron chi connectivity index (χ2n) is 4.03. The molecule has 112 valence electrons. The summed E-state index contributed by atoms with van der Waals surface area (Å²) in [5.74, 6) is -0.733. The molecule has 0 fully saturated rings. The zero-order valence-electron chi connectivity index (χ0n) is 11.3. The molecule has 0 aromatic heterocycles. The number of aromatic hydroxyl groups is 3. The van der Waals surface area contributed by atoms with Crippen molar-refractivity contribution in [2.75, 3.05) is 7.11 Å². The maximum atomic E-state index is 11.0. The zero-order chi connectivity index (χ0) is 15.8. The van der Waals surface area contributed by atoms with Crippen LogP contribution in [0.3, 0.4) is 0 Å². The van der Waals surface area contributed by atoms with Gasteiger partial charge in [-0.25, -0.2) is 4.79 Å². The van der Waals surface area contributed by atoms with Crippen molar-refractivity contribution in [2.24, 2.45) is 0 Å². The number of carbonyl (C=O) groups is 1. The molecule has 3 N–H and O–H groups in total. The molecule has 2 rings (SSSR count). The molecule has 0 amide bonds. The number of phenols is 3. The summed E-state index contributed by atoms with van der Waals surface area (Å²) in [6.45, 7) is 0. The van der Waals surface area contributed by atoms with Crippen LogP contribution < -0.4 is 0 Å². The molecule has 0 bridgehead atoms. The molecule has 6 heteroatoms. The van der Waals surface area contributed by atoms with Gasteiger partial charge in [0.15, 0.2) is 0 Å². The van der Waals surface area contributed by atoms with Crippen LogP contribution in [0.15, 0.2) is 42.5 Å². The molecule has 0 spiro atoms. The average Bonchev–Trinajstić information content (AvgIpc) is 2.45. The van der Waals surface area contributed by atoms with E-state index in [0.29, 0.717) is 5.56 Å². The standard InChI is InChI=1S/C9H9BrO2.C6H6O3/c1-12-9(11)8-4-2-7(6-10)3-5-8;7-4-1-5(8)3-6(9)2-4/h2-5H,6H2,1H3;1-3,7-9H. The van der Waals surface area contributed by atoms with E-state index in [1.165, 1.54) is 7.11 Å². The third-order valence-corrected chi connectivity index (χ3v) is 3.06. The van der Waals surface area contributed by atoms with Gasteiger partial charge < -0.3 is 20.1 Å². The van der Waals surface area contributed by atoms with E-state index in [2.05, 4.69) is 20.7 Å². The van der Waals surface area contributed by atoms with Crippen molar-refractivity contribution in [3.05, 3.63) is 53.6 Å². The van der Waals surface area contributed by atoms with Gasteiger partial charge in [0.25, 0.3) is 0 Å². The van der Waals surface area contributed by atoms with E-state index in [9.17, 15) is 4.79 Å². The summed E-state index contributed by atoms with van der Waals surface area (Å²) in [7, 11) is 1.38. The first-order valence-corrected chi connectivity index (χ1v) is 7.03. The Bertz CT molecular complexity index is 545. The van der Waals surface area contributed by atoms with Crippen LogP contribution in [0.5, 0.6) is 17.2 Å². The predicted octanol–water partition coefficient (Wildman–Crippen LogP) is 3.17. The molecule has 0 atom stereocenters. The van der Waals surface area contributed by atoms with E-state index in [1.54, 1.807) is 12.1 Å². The lowest BCUT2D eigenvalue weighted by Crippen LogP contribution is -2.00. The Labute approximate surface area is 130 Å². The van der Waals surface area contributed by atoms with Gasteiger partial charge in [0.2, 0.25) is 0 Å².